The van der Waals surface area contributed by atoms with Crippen molar-refractivity contribution in [3.05, 3.63) is 132 Å². The van der Waals surface area contributed by atoms with Gasteiger partial charge in [0.1, 0.15) is 9.79 Å². The molecule has 0 fully saturated rings. The summed E-state index contributed by atoms with van der Waals surface area (Å²) in [6.45, 7) is 0. The molecule has 4 aromatic carbocycles. The molecule has 0 atom stereocenters. The number of benzene rings is 4. The van der Waals surface area contributed by atoms with Crippen molar-refractivity contribution in [2.45, 2.75) is 9.79 Å². The van der Waals surface area contributed by atoms with Crippen molar-refractivity contribution in [2.24, 2.45) is 10.2 Å². The van der Waals surface area contributed by atoms with Crippen LogP contribution in [0.4, 0.5) is 22.7 Å². The largest absolute Gasteiger partial charge is 0.493 e. The molecule has 2 heterocycles. The number of aliphatic hydroxyl groups excluding tert-OH is 2. The number of anilines is 4. The van der Waals surface area contributed by atoms with E-state index >= 15 is 0 Å². The number of hydrazine groups is 4. The van der Waals surface area contributed by atoms with Gasteiger partial charge >= 0.3 is 0 Å². The zero-order valence-corrected chi connectivity index (χ0v) is 34.2. The average molecular weight is 793 g/mol. The van der Waals surface area contributed by atoms with Gasteiger partial charge in [0.2, 0.25) is 11.8 Å². The summed E-state index contributed by atoms with van der Waals surface area (Å²) >= 11 is 0. The topological polar surface area (TPSA) is 253 Å². The van der Waals surface area contributed by atoms with E-state index in [1.807, 2.05) is 12.1 Å². The number of rotatable bonds is 10. The van der Waals surface area contributed by atoms with Crippen molar-refractivity contribution >= 4 is 126 Å². The monoisotopic (exact) mass is 792 g/mol. The molecule has 22 heteroatoms. The number of nitrogens with one attached hydrogen (secondary N) is 6. The molecule has 2 radical (unpaired) electrons. The van der Waals surface area contributed by atoms with E-state index < -0.39 is 30.0 Å². The maximum atomic E-state index is 12.4. The van der Waals surface area contributed by atoms with Gasteiger partial charge in [-0.3, -0.25) is 20.0 Å². The molecule has 0 aliphatic carbocycles. The second kappa shape index (κ2) is 18.1. The number of hydrazone groups is 2. The first-order valence-electron chi connectivity index (χ1n) is 15.0. The van der Waals surface area contributed by atoms with Gasteiger partial charge in [-0.1, -0.05) is 60.7 Å². The average Bonchev–Trinajstić information content (AvgIpc) is 3.07. The Labute approximate surface area is 354 Å². The molecule has 54 heavy (non-hydrogen) atoms. The Balaban J connectivity index is 0.00000325. The minimum Gasteiger partial charge on any atom is -0.493 e. The molecule has 0 saturated heterocycles. The molecule has 0 aromatic heterocycles. The molecule has 6 rings (SSSR count). The molecule has 2 aliphatic heterocycles. The summed E-state index contributed by atoms with van der Waals surface area (Å²) in [4.78, 5) is -1.10. The number of amidine groups is 2. The van der Waals surface area contributed by atoms with Crippen LogP contribution in [0.2, 0.25) is 0 Å². The summed E-state index contributed by atoms with van der Waals surface area (Å²) in [5.41, 5.74) is 12.2. The summed E-state index contributed by atoms with van der Waals surface area (Å²) in [5.74, 6) is -0.0997. The van der Waals surface area contributed by atoms with Crippen LogP contribution in [0.15, 0.2) is 141 Å². The summed E-state index contributed by atoms with van der Waals surface area (Å²) in [5, 5.41) is 36.9. The fraction of sp³-hybridized carbons (Fsp3) is 0. The molecule has 4 aromatic rings. The first kappa shape index (κ1) is 42.0. The molecular formula is C32H30N10Na2O8S2. The molecule has 18 nitrogen and oxygen atoms in total. The van der Waals surface area contributed by atoms with Gasteiger partial charge in [-0.15, -0.1) is 20.7 Å². The second-order valence-corrected chi connectivity index (χ2v) is 13.7. The van der Waals surface area contributed by atoms with E-state index in [1.54, 1.807) is 48.5 Å². The molecule has 270 valence electrons. The number of para-hydroxylation sites is 2. The van der Waals surface area contributed by atoms with Crippen LogP contribution in [0.3, 0.4) is 0 Å². The Bertz CT molecular complexity index is 2200. The summed E-state index contributed by atoms with van der Waals surface area (Å²) in [6.07, 6.45) is 5.12. The van der Waals surface area contributed by atoms with E-state index in [0.717, 1.165) is 22.6 Å². The van der Waals surface area contributed by atoms with Gasteiger partial charge in [0.25, 0.3) is 20.2 Å². The van der Waals surface area contributed by atoms with Gasteiger partial charge in [0.15, 0.2) is 11.7 Å². The number of nitrogens with zero attached hydrogens (tertiary/aromatic N) is 4. The van der Waals surface area contributed by atoms with Crippen LogP contribution >= 0.6 is 0 Å². The normalized spacial score (nSPS) is 14.1. The van der Waals surface area contributed by atoms with Crippen LogP contribution < -0.4 is 32.3 Å². The Morgan fingerprint density at radius 2 is 0.926 bits per heavy atom. The van der Waals surface area contributed by atoms with Crippen LogP contribution in [0.5, 0.6) is 0 Å². The first-order chi connectivity index (χ1) is 24.8. The van der Waals surface area contributed by atoms with Gasteiger partial charge < -0.3 is 20.8 Å². The van der Waals surface area contributed by atoms with Gasteiger partial charge in [-0.25, -0.2) is 10.9 Å². The number of aliphatic hydroxyl groups is 2. The zero-order valence-electron chi connectivity index (χ0n) is 28.6. The third-order valence-corrected chi connectivity index (χ3v) is 8.81. The molecule has 0 unspecified atom stereocenters. The third-order valence-electron chi connectivity index (χ3n) is 6.99. The van der Waals surface area contributed by atoms with Crippen LogP contribution in [0.25, 0.3) is 12.2 Å². The summed E-state index contributed by atoms with van der Waals surface area (Å²) in [7, 11) is -9.65. The molecule has 0 bridgehead atoms. The van der Waals surface area contributed by atoms with Crippen molar-refractivity contribution in [3.63, 3.8) is 0 Å². The smallest absolute Gasteiger partial charge is 0.295 e. The quantitative estimate of drug-likeness (QED) is 0.0626. The molecule has 10 N–H and O–H groups in total. The van der Waals surface area contributed by atoms with Gasteiger partial charge in [0, 0.05) is 82.6 Å². The summed E-state index contributed by atoms with van der Waals surface area (Å²) < 4.78 is 69.7. The van der Waals surface area contributed by atoms with Crippen molar-refractivity contribution in [1.29, 1.82) is 0 Å². The Morgan fingerprint density at radius 3 is 1.28 bits per heavy atom. The van der Waals surface area contributed by atoms with E-state index in [2.05, 4.69) is 42.5 Å². The third kappa shape index (κ3) is 11.4. The minimum absolute atomic E-state index is 0. The van der Waals surface area contributed by atoms with Crippen molar-refractivity contribution in [3.8, 4) is 0 Å². The van der Waals surface area contributed by atoms with E-state index in [4.69, 9.17) is 0 Å². The van der Waals surface area contributed by atoms with Crippen LogP contribution in [-0.2, 0) is 20.2 Å². The van der Waals surface area contributed by atoms with E-state index in [9.17, 15) is 36.2 Å². The SMILES string of the molecule is O=S(=O)(O)c1cc(NN2N=C(Nc3ccccc3)C=C(O)N2)ccc1C=Cc1ccc(NN2N=C(Nc3ccccc3)C=C(O)N2)cc1S(=O)(=O)O.[Na].[Na]. The zero-order chi connectivity index (χ0) is 36.9. The van der Waals surface area contributed by atoms with Gasteiger partial charge in [-0.2, -0.15) is 16.8 Å². The van der Waals surface area contributed by atoms with E-state index in [1.165, 1.54) is 48.6 Å². The van der Waals surface area contributed by atoms with Crippen molar-refractivity contribution in [2.75, 3.05) is 21.5 Å². The summed E-state index contributed by atoms with van der Waals surface area (Å²) in [6, 6.07) is 25.8. The Morgan fingerprint density at radius 1 is 0.556 bits per heavy atom. The van der Waals surface area contributed by atoms with E-state index in [0.29, 0.717) is 11.4 Å². The van der Waals surface area contributed by atoms with Gasteiger partial charge in [0.05, 0.1) is 11.4 Å². The predicted molar refractivity (Wildman–Crippen MR) is 207 cm³/mol. The first-order valence-corrected chi connectivity index (χ1v) is 17.9. The standard InChI is InChI=1S/C32H30N10O8S2.2Na/c43-31-19-29(33-23-7-3-1-4-8-23)37-41(39-31)35-25-15-13-21(27(17-25)51(45,46)47)11-12-22-14-16-26(18-28(22)52(48,49)50)36-42-38-30(20-32(44)40-42)34-24-9-5-2-6-10-24;;/h1-20,35-36,39-40,43-44H,(H,33,37)(H,34,38)(H,45,46,47)(H,48,49,50);;. The van der Waals surface area contributed by atoms with Crippen LogP contribution in [0, 0.1) is 0 Å². The maximum Gasteiger partial charge on any atom is 0.295 e. The number of hydrogen-bond donors (Lipinski definition) is 10. The predicted octanol–water partition coefficient (Wildman–Crippen LogP) is 3.53. The van der Waals surface area contributed by atoms with Crippen LogP contribution in [0.1, 0.15) is 11.1 Å². The minimum atomic E-state index is -4.83. The van der Waals surface area contributed by atoms with Gasteiger partial charge in [-0.05, 0) is 59.7 Å². The Kier molecular flexibility index (Phi) is 14.0. The van der Waals surface area contributed by atoms with Crippen LogP contribution in [-0.4, -0.2) is 117 Å². The fourth-order valence-corrected chi connectivity index (χ4v) is 6.20. The molecule has 0 spiro atoms. The molecule has 2 aliphatic rings. The molecule has 0 saturated carbocycles. The van der Waals surface area contributed by atoms with E-state index in [-0.39, 0.29) is 105 Å². The van der Waals surface area contributed by atoms with Crippen molar-refractivity contribution < 1.29 is 36.2 Å². The maximum absolute atomic E-state index is 12.4. The van der Waals surface area contributed by atoms with Crippen molar-refractivity contribution in [1.82, 2.24) is 21.3 Å². The molecule has 0 amide bonds. The second-order valence-electron chi connectivity index (χ2n) is 10.9. The molecular weight excluding hydrogens is 763 g/mol. The number of hydrogen-bond acceptors (Lipinski definition) is 16. The Hall–Kier alpha value is -4.74. The fourth-order valence-electron chi connectivity index (χ4n) is 4.78.